The number of halogens is 1. The fourth-order valence-electron chi connectivity index (χ4n) is 3.05. The van der Waals surface area contributed by atoms with Crippen LogP contribution in [-0.2, 0) is 4.74 Å². The minimum absolute atomic E-state index is 0.168. The molecule has 0 aromatic carbocycles. The van der Waals surface area contributed by atoms with Crippen molar-refractivity contribution in [2.24, 2.45) is 11.8 Å². The fourth-order valence-corrected chi connectivity index (χ4v) is 3.27. The summed E-state index contributed by atoms with van der Waals surface area (Å²) in [5.74, 6) is 1.22. The number of carbonyl (C=O) groups is 1. The highest BCUT2D eigenvalue weighted by molar-refractivity contribution is 6.17. The summed E-state index contributed by atoms with van der Waals surface area (Å²) >= 11 is 5.69. The Morgan fingerprint density at radius 3 is 2.33 bits per heavy atom. The molecule has 1 aliphatic carbocycles. The SMILES string of the molecule is CC(C)(C)OC(=O)N1C[C@H]2C[C@H](NCCl)C[C@H]2C1. The lowest BCUT2D eigenvalue weighted by Crippen LogP contribution is -2.37. The lowest BCUT2D eigenvalue weighted by Gasteiger charge is -2.25. The third-order valence-corrected chi connectivity index (χ3v) is 3.92. The Balaban J connectivity index is 1.83. The molecule has 0 spiro atoms. The first kappa shape index (κ1) is 13.9. The predicted octanol–water partition coefficient (Wildman–Crippen LogP) is 2.42. The van der Waals surface area contributed by atoms with Gasteiger partial charge in [0.05, 0.1) is 6.00 Å². The molecule has 2 rings (SSSR count). The summed E-state index contributed by atoms with van der Waals surface area (Å²) < 4.78 is 5.41. The van der Waals surface area contributed by atoms with E-state index in [-0.39, 0.29) is 6.09 Å². The van der Waals surface area contributed by atoms with Gasteiger partial charge >= 0.3 is 6.09 Å². The van der Waals surface area contributed by atoms with Crippen molar-refractivity contribution in [1.82, 2.24) is 10.2 Å². The highest BCUT2D eigenvalue weighted by Gasteiger charge is 2.43. The summed E-state index contributed by atoms with van der Waals surface area (Å²) in [6.45, 7) is 7.38. The number of ether oxygens (including phenoxy) is 1. The first-order chi connectivity index (χ1) is 8.39. The Hall–Kier alpha value is -0.480. The zero-order valence-electron chi connectivity index (χ0n) is 11.4. The molecule has 3 atom stereocenters. The van der Waals surface area contributed by atoms with Gasteiger partial charge in [-0.3, -0.25) is 0 Å². The molecule has 2 fully saturated rings. The first-order valence-electron chi connectivity index (χ1n) is 6.66. The standard InChI is InChI=1S/C13H23ClN2O2/c1-13(2,3)18-12(17)16-6-9-4-11(15-8-14)5-10(9)7-16/h9-11,15H,4-8H2,1-3H3/t9-,10+,11+. The van der Waals surface area contributed by atoms with Crippen LogP contribution in [0.25, 0.3) is 0 Å². The van der Waals surface area contributed by atoms with Crippen LogP contribution in [0.15, 0.2) is 0 Å². The summed E-state index contributed by atoms with van der Waals surface area (Å²) in [6, 6.07) is 1.04. The van der Waals surface area contributed by atoms with E-state index in [0.29, 0.717) is 23.9 Å². The van der Waals surface area contributed by atoms with Crippen LogP contribution in [0.2, 0.25) is 0 Å². The van der Waals surface area contributed by atoms with Gasteiger partial charge in [-0.25, -0.2) is 4.79 Å². The van der Waals surface area contributed by atoms with Gasteiger partial charge in [0.1, 0.15) is 5.60 Å². The Morgan fingerprint density at radius 2 is 1.89 bits per heavy atom. The zero-order chi connectivity index (χ0) is 13.3. The third-order valence-electron chi connectivity index (χ3n) is 3.77. The minimum Gasteiger partial charge on any atom is -0.444 e. The molecule has 1 N–H and O–H groups in total. The van der Waals surface area contributed by atoms with E-state index in [1.54, 1.807) is 0 Å². The number of nitrogens with one attached hydrogen (secondary N) is 1. The van der Waals surface area contributed by atoms with Crippen molar-refractivity contribution in [3.8, 4) is 0 Å². The van der Waals surface area contributed by atoms with E-state index in [1.165, 1.54) is 0 Å². The number of hydrogen-bond donors (Lipinski definition) is 1. The molecule has 0 radical (unpaired) electrons. The van der Waals surface area contributed by atoms with Crippen molar-refractivity contribution in [3.05, 3.63) is 0 Å². The molecule has 0 aromatic heterocycles. The highest BCUT2D eigenvalue weighted by Crippen LogP contribution is 2.38. The van der Waals surface area contributed by atoms with Gasteiger partial charge in [-0.05, 0) is 45.4 Å². The predicted molar refractivity (Wildman–Crippen MR) is 71.7 cm³/mol. The van der Waals surface area contributed by atoms with Gasteiger partial charge in [-0.1, -0.05) is 0 Å². The third kappa shape index (κ3) is 3.29. The van der Waals surface area contributed by atoms with Gasteiger partial charge in [0.25, 0.3) is 0 Å². The highest BCUT2D eigenvalue weighted by atomic mass is 35.5. The van der Waals surface area contributed by atoms with E-state index >= 15 is 0 Å². The van der Waals surface area contributed by atoms with Crippen LogP contribution in [0.5, 0.6) is 0 Å². The van der Waals surface area contributed by atoms with Gasteiger partial charge in [0.2, 0.25) is 0 Å². The molecule has 1 aliphatic heterocycles. The molecule has 1 saturated carbocycles. The number of fused-ring (bicyclic) bond motifs is 1. The van der Waals surface area contributed by atoms with E-state index in [4.69, 9.17) is 16.3 Å². The van der Waals surface area contributed by atoms with Gasteiger partial charge < -0.3 is 15.0 Å². The molecule has 5 heteroatoms. The summed E-state index contributed by atoms with van der Waals surface area (Å²) in [4.78, 5) is 13.8. The molecule has 104 valence electrons. The Bertz CT molecular complexity index is 303. The van der Waals surface area contributed by atoms with Crippen molar-refractivity contribution < 1.29 is 9.53 Å². The second-order valence-electron chi connectivity index (χ2n) is 6.41. The molecule has 2 aliphatic rings. The van der Waals surface area contributed by atoms with E-state index in [9.17, 15) is 4.79 Å². The number of alkyl halides is 1. The van der Waals surface area contributed by atoms with Crippen molar-refractivity contribution in [2.75, 3.05) is 19.1 Å². The maximum atomic E-state index is 12.0. The first-order valence-corrected chi connectivity index (χ1v) is 7.20. The maximum Gasteiger partial charge on any atom is 0.410 e. The molecule has 0 aromatic rings. The van der Waals surface area contributed by atoms with Crippen LogP contribution < -0.4 is 5.32 Å². The van der Waals surface area contributed by atoms with Crippen LogP contribution in [-0.4, -0.2) is 41.7 Å². The van der Waals surface area contributed by atoms with Crippen LogP contribution >= 0.6 is 11.6 Å². The number of rotatable bonds is 2. The lowest BCUT2D eigenvalue weighted by molar-refractivity contribution is 0.0279. The second-order valence-corrected chi connectivity index (χ2v) is 6.68. The lowest BCUT2D eigenvalue weighted by atomic mass is 10.0. The summed E-state index contributed by atoms with van der Waals surface area (Å²) in [5, 5.41) is 3.29. The van der Waals surface area contributed by atoms with Crippen LogP contribution in [0.4, 0.5) is 4.79 Å². The van der Waals surface area contributed by atoms with E-state index in [2.05, 4.69) is 5.32 Å². The Labute approximate surface area is 114 Å². The van der Waals surface area contributed by atoms with E-state index in [1.807, 2.05) is 25.7 Å². The Morgan fingerprint density at radius 1 is 1.33 bits per heavy atom. The molecule has 4 nitrogen and oxygen atoms in total. The molecule has 0 unspecified atom stereocenters. The van der Waals surface area contributed by atoms with Crippen molar-refractivity contribution in [2.45, 2.75) is 45.3 Å². The molecular weight excluding hydrogens is 252 g/mol. The number of nitrogens with zero attached hydrogens (tertiary/aromatic N) is 1. The molecular formula is C13H23ClN2O2. The van der Waals surface area contributed by atoms with Crippen LogP contribution in [0.3, 0.4) is 0 Å². The van der Waals surface area contributed by atoms with Crippen molar-refractivity contribution >= 4 is 17.7 Å². The number of carbonyl (C=O) groups excluding carboxylic acids is 1. The monoisotopic (exact) mass is 274 g/mol. The summed E-state index contributed by atoms with van der Waals surface area (Å²) in [5.41, 5.74) is -0.405. The molecule has 1 saturated heterocycles. The second kappa shape index (κ2) is 5.25. The Kier molecular flexibility index (Phi) is 4.07. The van der Waals surface area contributed by atoms with Gasteiger partial charge in [-0.15, -0.1) is 11.6 Å². The van der Waals surface area contributed by atoms with Crippen LogP contribution in [0, 0.1) is 11.8 Å². The average molecular weight is 275 g/mol. The summed E-state index contributed by atoms with van der Waals surface area (Å²) in [6.07, 6.45) is 2.08. The fraction of sp³-hybridized carbons (Fsp3) is 0.923. The average Bonchev–Trinajstić information content (AvgIpc) is 2.72. The molecule has 18 heavy (non-hydrogen) atoms. The topological polar surface area (TPSA) is 41.6 Å². The molecule has 1 amide bonds. The number of likely N-dealkylation sites (tertiary alicyclic amines) is 1. The minimum atomic E-state index is -0.405. The van der Waals surface area contributed by atoms with Crippen molar-refractivity contribution in [1.29, 1.82) is 0 Å². The molecule has 0 bridgehead atoms. The largest absolute Gasteiger partial charge is 0.444 e. The smallest absolute Gasteiger partial charge is 0.410 e. The van der Waals surface area contributed by atoms with Crippen molar-refractivity contribution in [3.63, 3.8) is 0 Å². The zero-order valence-corrected chi connectivity index (χ0v) is 12.2. The maximum absolute atomic E-state index is 12.0. The molecule has 1 heterocycles. The van der Waals surface area contributed by atoms with Crippen LogP contribution in [0.1, 0.15) is 33.6 Å². The van der Waals surface area contributed by atoms with E-state index in [0.717, 1.165) is 25.9 Å². The van der Waals surface area contributed by atoms with Gasteiger partial charge in [-0.2, -0.15) is 0 Å². The van der Waals surface area contributed by atoms with Gasteiger partial charge in [0.15, 0.2) is 0 Å². The normalized spacial score (nSPS) is 31.6. The number of amides is 1. The van der Waals surface area contributed by atoms with Gasteiger partial charge in [0, 0.05) is 19.1 Å². The number of hydrogen-bond acceptors (Lipinski definition) is 3. The quantitative estimate of drug-likeness (QED) is 0.621. The van der Waals surface area contributed by atoms with E-state index < -0.39 is 5.60 Å². The summed E-state index contributed by atoms with van der Waals surface area (Å²) in [7, 11) is 0.